The maximum Gasteiger partial charge on any atom is 0.229 e. The molecular weight excluding hydrogens is 240 g/mol. The number of hydrogen-bond donors (Lipinski definition) is 1. The van der Waals surface area contributed by atoms with Crippen molar-refractivity contribution >= 4 is 0 Å². The molecule has 1 aromatic heterocycles. The van der Waals surface area contributed by atoms with Crippen LogP contribution in [0.2, 0.25) is 0 Å². The maximum atomic E-state index is 9.56. The van der Waals surface area contributed by atoms with Gasteiger partial charge in [0.1, 0.15) is 0 Å². The molecule has 0 saturated heterocycles. The molecule has 3 unspecified atom stereocenters. The number of aliphatic hydroxyl groups excluding tert-OH is 1. The second-order valence-electron chi connectivity index (χ2n) is 6.78. The van der Waals surface area contributed by atoms with E-state index in [4.69, 9.17) is 9.51 Å². The molecule has 0 aromatic carbocycles. The Kier molecular flexibility index (Phi) is 2.87. The molecule has 0 amide bonds. The smallest absolute Gasteiger partial charge is 0.229 e. The van der Waals surface area contributed by atoms with Gasteiger partial charge in [0.2, 0.25) is 5.89 Å². The highest BCUT2D eigenvalue weighted by molar-refractivity contribution is 5.08. The van der Waals surface area contributed by atoms with Gasteiger partial charge >= 0.3 is 0 Å². The molecule has 4 heteroatoms. The van der Waals surface area contributed by atoms with E-state index in [2.05, 4.69) is 5.16 Å². The SMILES string of the molecule is OC1CCC(c2nc(C3CC4CCC3C4)no2)CC1. The zero-order valence-corrected chi connectivity index (χ0v) is 11.3. The summed E-state index contributed by atoms with van der Waals surface area (Å²) in [6.07, 6.45) is 9.01. The van der Waals surface area contributed by atoms with Crippen LogP contribution in [-0.2, 0) is 0 Å². The van der Waals surface area contributed by atoms with Crippen molar-refractivity contribution in [2.75, 3.05) is 0 Å². The minimum atomic E-state index is -0.121. The van der Waals surface area contributed by atoms with E-state index in [1.54, 1.807) is 0 Å². The van der Waals surface area contributed by atoms with Crippen LogP contribution in [0.5, 0.6) is 0 Å². The first-order valence-corrected chi connectivity index (χ1v) is 7.81. The largest absolute Gasteiger partial charge is 0.393 e. The summed E-state index contributed by atoms with van der Waals surface area (Å²) in [6, 6.07) is 0. The third kappa shape index (κ3) is 2.10. The Bertz CT molecular complexity index is 451. The first-order chi connectivity index (χ1) is 9.29. The zero-order chi connectivity index (χ0) is 12.8. The maximum absolute atomic E-state index is 9.56. The number of fused-ring (bicyclic) bond motifs is 2. The van der Waals surface area contributed by atoms with Crippen LogP contribution in [0.15, 0.2) is 4.52 Å². The van der Waals surface area contributed by atoms with Crippen molar-refractivity contribution in [3.05, 3.63) is 11.7 Å². The Hall–Kier alpha value is -0.900. The van der Waals surface area contributed by atoms with Gasteiger partial charge in [0.25, 0.3) is 0 Å². The lowest BCUT2D eigenvalue weighted by Crippen LogP contribution is -2.17. The lowest BCUT2D eigenvalue weighted by Gasteiger charge is -2.22. The molecular formula is C15H22N2O2. The van der Waals surface area contributed by atoms with Gasteiger partial charge in [0.15, 0.2) is 5.82 Å². The van der Waals surface area contributed by atoms with Crippen LogP contribution in [0.3, 0.4) is 0 Å². The number of aliphatic hydroxyl groups is 1. The van der Waals surface area contributed by atoms with Gasteiger partial charge in [-0.3, -0.25) is 0 Å². The van der Waals surface area contributed by atoms with E-state index in [0.29, 0.717) is 11.8 Å². The van der Waals surface area contributed by atoms with Crippen LogP contribution >= 0.6 is 0 Å². The third-order valence-electron chi connectivity index (χ3n) is 5.57. The Morgan fingerprint density at radius 1 is 1.00 bits per heavy atom. The highest BCUT2D eigenvalue weighted by atomic mass is 16.5. The molecule has 4 rings (SSSR count). The summed E-state index contributed by atoms with van der Waals surface area (Å²) in [6.45, 7) is 0. The molecule has 3 atom stereocenters. The van der Waals surface area contributed by atoms with Crippen LogP contribution in [0.1, 0.15) is 74.9 Å². The van der Waals surface area contributed by atoms with Gasteiger partial charge in [-0.25, -0.2) is 0 Å². The standard InChI is InChI=1S/C15H22N2O2/c18-12-5-3-10(4-6-12)15-16-14(17-19-15)13-8-9-1-2-11(13)7-9/h9-13,18H,1-8H2. The fourth-order valence-electron chi connectivity index (χ4n) is 4.45. The number of nitrogens with zero attached hydrogens (tertiary/aromatic N) is 2. The van der Waals surface area contributed by atoms with E-state index in [1.165, 1.54) is 25.7 Å². The molecule has 3 fully saturated rings. The van der Waals surface area contributed by atoms with E-state index >= 15 is 0 Å². The minimum absolute atomic E-state index is 0.121. The molecule has 3 aliphatic rings. The van der Waals surface area contributed by atoms with E-state index < -0.39 is 0 Å². The fourth-order valence-corrected chi connectivity index (χ4v) is 4.45. The van der Waals surface area contributed by atoms with Gasteiger partial charge in [-0.05, 0) is 56.8 Å². The normalized spacial score (nSPS) is 41.8. The van der Waals surface area contributed by atoms with Crippen LogP contribution in [0.25, 0.3) is 0 Å². The number of aromatic nitrogens is 2. The highest BCUT2D eigenvalue weighted by Gasteiger charge is 2.42. The summed E-state index contributed by atoms with van der Waals surface area (Å²) in [4.78, 5) is 4.70. The van der Waals surface area contributed by atoms with Crippen molar-refractivity contribution in [2.45, 2.75) is 69.3 Å². The molecule has 1 heterocycles. The molecule has 19 heavy (non-hydrogen) atoms. The van der Waals surface area contributed by atoms with Crippen LogP contribution < -0.4 is 0 Å². The second kappa shape index (κ2) is 4.58. The van der Waals surface area contributed by atoms with Crippen molar-refractivity contribution in [1.82, 2.24) is 10.1 Å². The zero-order valence-electron chi connectivity index (χ0n) is 11.3. The molecule has 2 bridgehead atoms. The molecule has 104 valence electrons. The lowest BCUT2D eigenvalue weighted by atomic mass is 9.87. The van der Waals surface area contributed by atoms with Crippen LogP contribution in [0.4, 0.5) is 0 Å². The minimum Gasteiger partial charge on any atom is -0.393 e. The second-order valence-corrected chi connectivity index (χ2v) is 6.78. The molecule has 0 spiro atoms. The van der Waals surface area contributed by atoms with E-state index in [-0.39, 0.29) is 6.10 Å². The van der Waals surface area contributed by atoms with Gasteiger partial charge in [0.05, 0.1) is 6.10 Å². The van der Waals surface area contributed by atoms with Crippen molar-refractivity contribution in [3.8, 4) is 0 Å². The summed E-state index contributed by atoms with van der Waals surface area (Å²) >= 11 is 0. The molecule has 4 nitrogen and oxygen atoms in total. The lowest BCUT2D eigenvalue weighted by molar-refractivity contribution is 0.116. The van der Waals surface area contributed by atoms with Gasteiger partial charge in [-0.2, -0.15) is 4.98 Å². The average molecular weight is 262 g/mol. The Morgan fingerprint density at radius 2 is 1.84 bits per heavy atom. The quantitative estimate of drug-likeness (QED) is 0.890. The third-order valence-corrected chi connectivity index (χ3v) is 5.57. The molecule has 0 aliphatic heterocycles. The van der Waals surface area contributed by atoms with Crippen LogP contribution in [-0.4, -0.2) is 21.4 Å². The summed E-state index contributed by atoms with van der Waals surface area (Å²) in [5.41, 5.74) is 0. The van der Waals surface area contributed by atoms with Crippen molar-refractivity contribution < 1.29 is 9.63 Å². The van der Waals surface area contributed by atoms with Gasteiger partial charge in [-0.1, -0.05) is 11.6 Å². The Labute approximate surface area is 113 Å². The fraction of sp³-hybridized carbons (Fsp3) is 0.867. The summed E-state index contributed by atoms with van der Waals surface area (Å²) in [5, 5.41) is 13.8. The first-order valence-electron chi connectivity index (χ1n) is 7.81. The van der Waals surface area contributed by atoms with E-state index in [0.717, 1.165) is 49.2 Å². The average Bonchev–Trinajstić information content (AvgIpc) is 3.15. The van der Waals surface area contributed by atoms with Gasteiger partial charge in [-0.15, -0.1) is 0 Å². The number of hydrogen-bond acceptors (Lipinski definition) is 4. The predicted molar refractivity (Wildman–Crippen MR) is 69.7 cm³/mol. The van der Waals surface area contributed by atoms with Gasteiger partial charge in [0, 0.05) is 11.8 Å². The monoisotopic (exact) mass is 262 g/mol. The molecule has 1 aromatic rings. The summed E-state index contributed by atoms with van der Waals surface area (Å²) in [7, 11) is 0. The van der Waals surface area contributed by atoms with Crippen LogP contribution in [0, 0.1) is 11.8 Å². The summed E-state index contributed by atoms with van der Waals surface area (Å²) in [5.74, 6) is 4.46. The Morgan fingerprint density at radius 3 is 2.53 bits per heavy atom. The van der Waals surface area contributed by atoms with E-state index in [9.17, 15) is 5.11 Å². The number of rotatable bonds is 2. The predicted octanol–water partition coefficient (Wildman–Crippen LogP) is 2.99. The highest BCUT2D eigenvalue weighted by Crippen LogP contribution is 2.52. The van der Waals surface area contributed by atoms with Crippen molar-refractivity contribution in [2.24, 2.45) is 11.8 Å². The van der Waals surface area contributed by atoms with Gasteiger partial charge < -0.3 is 9.63 Å². The van der Waals surface area contributed by atoms with Crippen molar-refractivity contribution in [3.63, 3.8) is 0 Å². The first kappa shape index (κ1) is 11.9. The molecule has 1 N–H and O–H groups in total. The molecule has 3 saturated carbocycles. The molecule has 3 aliphatic carbocycles. The Balaban J connectivity index is 1.47. The summed E-state index contributed by atoms with van der Waals surface area (Å²) < 4.78 is 5.52. The van der Waals surface area contributed by atoms with Crippen molar-refractivity contribution in [1.29, 1.82) is 0 Å². The molecule has 0 radical (unpaired) electrons. The van der Waals surface area contributed by atoms with E-state index in [1.807, 2.05) is 0 Å². The topological polar surface area (TPSA) is 59.2 Å².